The van der Waals surface area contributed by atoms with Gasteiger partial charge < -0.3 is 19.5 Å². The van der Waals surface area contributed by atoms with Gasteiger partial charge in [0.2, 0.25) is 6.79 Å². The van der Waals surface area contributed by atoms with Gasteiger partial charge in [-0.2, -0.15) is 0 Å². The smallest absolute Gasteiger partial charge is 0.231 e. The van der Waals surface area contributed by atoms with Crippen molar-refractivity contribution in [3.8, 4) is 11.5 Å². The molecule has 100 valence electrons. The van der Waals surface area contributed by atoms with Crippen LogP contribution in [0.5, 0.6) is 11.5 Å². The van der Waals surface area contributed by atoms with E-state index in [4.69, 9.17) is 14.2 Å². The first kappa shape index (κ1) is 13.2. The van der Waals surface area contributed by atoms with E-state index in [1.165, 1.54) is 0 Å². The number of benzene rings is 1. The molecule has 0 fully saturated rings. The summed E-state index contributed by atoms with van der Waals surface area (Å²) >= 11 is 0. The van der Waals surface area contributed by atoms with E-state index in [1.54, 1.807) is 0 Å². The van der Waals surface area contributed by atoms with Gasteiger partial charge in [0.1, 0.15) is 0 Å². The highest BCUT2D eigenvalue weighted by molar-refractivity contribution is 5.48. The first-order chi connectivity index (χ1) is 8.77. The number of rotatable bonds is 7. The minimum absolute atomic E-state index is 0.323. The van der Waals surface area contributed by atoms with E-state index in [-0.39, 0.29) is 0 Å². The molecular formula is C14H21NO3. The molecule has 0 saturated carbocycles. The molecule has 4 nitrogen and oxygen atoms in total. The summed E-state index contributed by atoms with van der Waals surface area (Å²) < 4.78 is 16.3. The van der Waals surface area contributed by atoms with Gasteiger partial charge >= 0.3 is 0 Å². The molecule has 0 radical (unpaired) electrons. The molecule has 18 heavy (non-hydrogen) atoms. The number of nitrogens with one attached hydrogen (secondary N) is 1. The van der Waals surface area contributed by atoms with Crippen LogP contribution in [0.2, 0.25) is 0 Å². The maximum atomic E-state index is 5.51. The van der Waals surface area contributed by atoms with Crippen molar-refractivity contribution in [1.82, 2.24) is 5.32 Å². The Balaban J connectivity index is 1.70. The van der Waals surface area contributed by atoms with Gasteiger partial charge in [-0.25, -0.2) is 0 Å². The van der Waals surface area contributed by atoms with Gasteiger partial charge in [0.15, 0.2) is 11.5 Å². The van der Waals surface area contributed by atoms with Crippen LogP contribution >= 0.6 is 0 Å². The Bertz CT molecular complexity index is 379. The second kappa shape index (κ2) is 6.61. The lowest BCUT2D eigenvalue weighted by atomic mass is 10.2. The maximum Gasteiger partial charge on any atom is 0.231 e. The lowest BCUT2D eigenvalue weighted by Crippen LogP contribution is -2.20. The fraction of sp³-hybridized carbons (Fsp3) is 0.571. The summed E-state index contributed by atoms with van der Waals surface area (Å²) in [6.07, 6.45) is 0. The van der Waals surface area contributed by atoms with E-state index < -0.39 is 0 Å². The third-order valence-corrected chi connectivity index (χ3v) is 2.67. The zero-order valence-corrected chi connectivity index (χ0v) is 11.1. The number of hydrogen-bond acceptors (Lipinski definition) is 4. The normalized spacial score (nSPS) is 13.3. The van der Waals surface area contributed by atoms with Crippen LogP contribution in [-0.4, -0.2) is 26.6 Å². The van der Waals surface area contributed by atoms with Crippen LogP contribution < -0.4 is 14.8 Å². The Kier molecular flexibility index (Phi) is 4.84. The predicted molar refractivity (Wildman–Crippen MR) is 69.9 cm³/mol. The van der Waals surface area contributed by atoms with E-state index in [0.29, 0.717) is 12.7 Å². The molecule has 0 atom stereocenters. The first-order valence-electron chi connectivity index (χ1n) is 6.43. The molecule has 1 heterocycles. The van der Waals surface area contributed by atoms with Crippen molar-refractivity contribution in [2.24, 2.45) is 5.92 Å². The molecule has 1 N–H and O–H groups in total. The Morgan fingerprint density at radius 3 is 3.06 bits per heavy atom. The summed E-state index contributed by atoms with van der Waals surface area (Å²) in [5.41, 5.74) is 1.13. The van der Waals surface area contributed by atoms with Crippen molar-refractivity contribution in [3.63, 3.8) is 0 Å². The van der Waals surface area contributed by atoms with Gasteiger partial charge in [0.05, 0.1) is 6.61 Å². The Hall–Kier alpha value is -1.26. The van der Waals surface area contributed by atoms with Gasteiger partial charge in [-0.1, -0.05) is 26.0 Å². The van der Waals surface area contributed by atoms with E-state index >= 15 is 0 Å². The second-order valence-electron chi connectivity index (χ2n) is 4.80. The van der Waals surface area contributed by atoms with Gasteiger partial charge in [0.25, 0.3) is 0 Å². The van der Waals surface area contributed by atoms with Gasteiger partial charge in [0, 0.05) is 25.3 Å². The van der Waals surface area contributed by atoms with Gasteiger partial charge in [-0.3, -0.25) is 0 Å². The number of hydrogen-bond donors (Lipinski definition) is 1. The molecule has 0 aliphatic carbocycles. The molecule has 0 bridgehead atoms. The van der Waals surface area contributed by atoms with Crippen molar-refractivity contribution < 1.29 is 14.2 Å². The Morgan fingerprint density at radius 2 is 2.22 bits per heavy atom. The van der Waals surface area contributed by atoms with Gasteiger partial charge in [-0.15, -0.1) is 0 Å². The highest BCUT2D eigenvalue weighted by Crippen LogP contribution is 2.35. The summed E-state index contributed by atoms with van der Waals surface area (Å²) in [6.45, 7) is 7.80. The Labute approximate surface area is 108 Å². The highest BCUT2D eigenvalue weighted by atomic mass is 16.7. The van der Waals surface area contributed by atoms with Crippen molar-refractivity contribution in [2.45, 2.75) is 20.4 Å². The Morgan fingerprint density at radius 1 is 1.33 bits per heavy atom. The average Bonchev–Trinajstić information content (AvgIpc) is 2.82. The molecule has 0 spiro atoms. The summed E-state index contributed by atoms with van der Waals surface area (Å²) in [7, 11) is 0. The molecule has 0 unspecified atom stereocenters. The second-order valence-corrected chi connectivity index (χ2v) is 4.80. The van der Waals surface area contributed by atoms with Crippen LogP contribution in [-0.2, 0) is 11.3 Å². The molecule has 4 heteroatoms. The van der Waals surface area contributed by atoms with Crippen molar-refractivity contribution in [1.29, 1.82) is 0 Å². The van der Waals surface area contributed by atoms with Gasteiger partial charge in [-0.05, 0) is 12.0 Å². The topological polar surface area (TPSA) is 39.7 Å². The minimum atomic E-state index is 0.323. The molecule has 0 amide bonds. The van der Waals surface area contributed by atoms with Crippen LogP contribution in [0.1, 0.15) is 19.4 Å². The SMILES string of the molecule is CC(C)COCCNCc1cccc2c1OCO2. The van der Waals surface area contributed by atoms with Crippen molar-refractivity contribution in [3.05, 3.63) is 23.8 Å². The molecular weight excluding hydrogens is 230 g/mol. The quantitative estimate of drug-likeness (QED) is 0.754. The van der Waals surface area contributed by atoms with Crippen LogP contribution in [0.15, 0.2) is 18.2 Å². The molecule has 1 aliphatic heterocycles. The number of para-hydroxylation sites is 1. The molecule has 1 aromatic rings. The lowest BCUT2D eigenvalue weighted by Gasteiger charge is -2.09. The van der Waals surface area contributed by atoms with E-state index in [1.807, 2.05) is 12.1 Å². The summed E-state index contributed by atoms with van der Waals surface area (Å²) in [4.78, 5) is 0. The number of ether oxygens (including phenoxy) is 3. The van der Waals surface area contributed by atoms with E-state index in [2.05, 4.69) is 25.2 Å². The average molecular weight is 251 g/mol. The monoisotopic (exact) mass is 251 g/mol. The summed E-state index contributed by atoms with van der Waals surface area (Å²) in [6, 6.07) is 5.97. The van der Waals surface area contributed by atoms with Crippen LogP contribution in [0.3, 0.4) is 0 Å². The third-order valence-electron chi connectivity index (χ3n) is 2.67. The lowest BCUT2D eigenvalue weighted by molar-refractivity contribution is 0.111. The zero-order chi connectivity index (χ0) is 12.8. The molecule has 2 rings (SSSR count). The highest BCUT2D eigenvalue weighted by Gasteiger charge is 2.16. The van der Waals surface area contributed by atoms with Crippen molar-refractivity contribution >= 4 is 0 Å². The fourth-order valence-corrected chi connectivity index (χ4v) is 1.82. The maximum absolute atomic E-state index is 5.51. The fourth-order valence-electron chi connectivity index (χ4n) is 1.82. The molecule has 0 saturated heterocycles. The largest absolute Gasteiger partial charge is 0.454 e. The minimum Gasteiger partial charge on any atom is -0.454 e. The third kappa shape index (κ3) is 3.62. The van der Waals surface area contributed by atoms with Crippen molar-refractivity contribution in [2.75, 3.05) is 26.6 Å². The van der Waals surface area contributed by atoms with Crippen LogP contribution in [0.25, 0.3) is 0 Å². The molecule has 0 aromatic heterocycles. The molecule has 1 aliphatic rings. The first-order valence-corrected chi connectivity index (χ1v) is 6.43. The van der Waals surface area contributed by atoms with Crippen LogP contribution in [0.4, 0.5) is 0 Å². The van der Waals surface area contributed by atoms with E-state index in [0.717, 1.165) is 43.4 Å². The number of fused-ring (bicyclic) bond motifs is 1. The standard InChI is InChI=1S/C14H21NO3/c1-11(2)9-16-7-6-15-8-12-4-3-5-13-14(12)18-10-17-13/h3-5,11,15H,6-10H2,1-2H3. The zero-order valence-electron chi connectivity index (χ0n) is 11.1. The summed E-state index contributed by atoms with van der Waals surface area (Å²) in [5.74, 6) is 2.30. The summed E-state index contributed by atoms with van der Waals surface area (Å²) in [5, 5.41) is 3.34. The van der Waals surface area contributed by atoms with Crippen LogP contribution in [0, 0.1) is 5.92 Å². The predicted octanol–water partition coefficient (Wildman–Crippen LogP) is 2.18. The van der Waals surface area contributed by atoms with E-state index in [9.17, 15) is 0 Å². The molecule has 1 aromatic carbocycles.